The first kappa shape index (κ1) is 11.9. The maximum atomic E-state index is 11.2. The number of thiazole rings is 1. The quantitative estimate of drug-likeness (QED) is 0.911. The molecule has 0 saturated heterocycles. The van der Waals surface area contributed by atoms with Gasteiger partial charge in [0.2, 0.25) is 0 Å². The standard InChI is InChI=1S/C13H12ClNO2S/c1-13(2)9(10(13)12(16)17)11-15-7-5-6(14)3-4-8(7)18-11/h3-5,9-10H,1-2H3,(H,16,17). The van der Waals surface area contributed by atoms with Gasteiger partial charge in [0.15, 0.2) is 0 Å². The third-order valence-electron chi connectivity index (χ3n) is 3.73. The highest BCUT2D eigenvalue weighted by Gasteiger charge is 2.64. The molecule has 94 valence electrons. The Bertz CT molecular complexity index is 649. The van der Waals surface area contributed by atoms with Gasteiger partial charge in [-0.3, -0.25) is 4.79 Å². The molecule has 1 heterocycles. The fraction of sp³-hybridized carbons (Fsp3) is 0.385. The number of carboxylic acids is 1. The van der Waals surface area contributed by atoms with Gasteiger partial charge in [-0.05, 0) is 23.6 Å². The van der Waals surface area contributed by atoms with Crippen LogP contribution in [-0.4, -0.2) is 16.1 Å². The van der Waals surface area contributed by atoms with Crippen molar-refractivity contribution in [3.8, 4) is 0 Å². The zero-order valence-corrected chi connectivity index (χ0v) is 11.5. The number of nitrogens with zero attached hydrogens (tertiary/aromatic N) is 1. The Hall–Kier alpha value is -1.13. The van der Waals surface area contributed by atoms with Crippen molar-refractivity contribution < 1.29 is 9.90 Å². The van der Waals surface area contributed by atoms with Crippen molar-refractivity contribution in [1.29, 1.82) is 0 Å². The molecule has 1 aliphatic carbocycles. The molecule has 2 aromatic rings. The van der Waals surface area contributed by atoms with Crippen LogP contribution in [0.15, 0.2) is 18.2 Å². The van der Waals surface area contributed by atoms with Crippen LogP contribution >= 0.6 is 22.9 Å². The predicted molar refractivity (Wildman–Crippen MR) is 72.3 cm³/mol. The van der Waals surface area contributed by atoms with Gasteiger partial charge in [-0.25, -0.2) is 4.98 Å². The fourth-order valence-corrected chi connectivity index (χ4v) is 4.06. The highest BCUT2D eigenvalue weighted by Crippen LogP contribution is 2.65. The van der Waals surface area contributed by atoms with Crippen molar-refractivity contribution in [2.45, 2.75) is 19.8 Å². The molecule has 1 aromatic heterocycles. The third-order valence-corrected chi connectivity index (χ3v) is 5.08. The van der Waals surface area contributed by atoms with Crippen molar-refractivity contribution in [3.05, 3.63) is 28.2 Å². The van der Waals surface area contributed by atoms with Crippen LogP contribution in [0.2, 0.25) is 5.02 Å². The third kappa shape index (κ3) is 1.63. The molecule has 1 fully saturated rings. The lowest BCUT2D eigenvalue weighted by Gasteiger charge is -1.97. The van der Waals surface area contributed by atoms with E-state index in [1.807, 2.05) is 32.0 Å². The number of fused-ring (bicyclic) bond motifs is 1. The largest absolute Gasteiger partial charge is 0.481 e. The van der Waals surface area contributed by atoms with Gasteiger partial charge in [0.1, 0.15) is 0 Å². The first-order valence-corrected chi connectivity index (χ1v) is 6.89. The summed E-state index contributed by atoms with van der Waals surface area (Å²) in [6.45, 7) is 3.96. The van der Waals surface area contributed by atoms with E-state index in [1.54, 1.807) is 11.3 Å². The van der Waals surface area contributed by atoms with Gasteiger partial charge in [0.05, 0.1) is 21.1 Å². The molecule has 0 radical (unpaired) electrons. The molecule has 0 spiro atoms. The Morgan fingerprint density at radius 3 is 2.83 bits per heavy atom. The lowest BCUT2D eigenvalue weighted by atomic mass is 10.1. The lowest BCUT2D eigenvalue weighted by Crippen LogP contribution is -2.03. The van der Waals surface area contributed by atoms with Crippen molar-refractivity contribution in [1.82, 2.24) is 4.98 Å². The molecular formula is C13H12ClNO2S. The summed E-state index contributed by atoms with van der Waals surface area (Å²) in [7, 11) is 0. The number of carboxylic acid groups (broad SMARTS) is 1. The first-order chi connectivity index (χ1) is 8.41. The number of rotatable bonds is 2. The Labute approximate surface area is 113 Å². The van der Waals surface area contributed by atoms with Crippen LogP contribution < -0.4 is 0 Å². The van der Waals surface area contributed by atoms with Crippen LogP contribution in [0.1, 0.15) is 24.8 Å². The minimum Gasteiger partial charge on any atom is -0.481 e. The summed E-state index contributed by atoms with van der Waals surface area (Å²) in [4.78, 5) is 15.7. The monoisotopic (exact) mass is 281 g/mol. The normalized spacial score (nSPS) is 25.3. The van der Waals surface area contributed by atoms with Crippen LogP contribution in [0.5, 0.6) is 0 Å². The van der Waals surface area contributed by atoms with Gasteiger partial charge in [-0.1, -0.05) is 25.4 Å². The van der Waals surface area contributed by atoms with Gasteiger partial charge in [-0.2, -0.15) is 0 Å². The van der Waals surface area contributed by atoms with Crippen molar-refractivity contribution >= 4 is 39.1 Å². The van der Waals surface area contributed by atoms with E-state index in [0.717, 1.165) is 15.2 Å². The van der Waals surface area contributed by atoms with Crippen LogP contribution in [-0.2, 0) is 4.79 Å². The smallest absolute Gasteiger partial charge is 0.307 e. The second-order valence-corrected chi connectivity index (χ2v) is 6.78. The van der Waals surface area contributed by atoms with Crippen molar-refractivity contribution in [3.63, 3.8) is 0 Å². The van der Waals surface area contributed by atoms with Gasteiger partial charge in [-0.15, -0.1) is 11.3 Å². The van der Waals surface area contributed by atoms with E-state index in [1.165, 1.54) is 0 Å². The zero-order valence-electron chi connectivity index (χ0n) is 9.98. The highest BCUT2D eigenvalue weighted by molar-refractivity contribution is 7.18. The van der Waals surface area contributed by atoms with E-state index >= 15 is 0 Å². The van der Waals surface area contributed by atoms with Gasteiger partial charge in [0.25, 0.3) is 0 Å². The molecule has 3 rings (SSSR count). The van der Waals surface area contributed by atoms with E-state index in [2.05, 4.69) is 4.98 Å². The molecule has 1 saturated carbocycles. The molecule has 0 aliphatic heterocycles. The van der Waals surface area contributed by atoms with Crippen LogP contribution in [0.25, 0.3) is 10.2 Å². The fourth-order valence-electron chi connectivity index (χ4n) is 2.61. The van der Waals surface area contributed by atoms with Crippen LogP contribution in [0.3, 0.4) is 0 Å². The number of hydrogen-bond donors (Lipinski definition) is 1. The van der Waals surface area contributed by atoms with Crippen molar-refractivity contribution in [2.75, 3.05) is 0 Å². The molecule has 18 heavy (non-hydrogen) atoms. The number of benzene rings is 1. The van der Waals surface area contributed by atoms with E-state index in [0.29, 0.717) is 5.02 Å². The molecule has 3 nitrogen and oxygen atoms in total. The Kier molecular flexibility index (Phi) is 2.44. The second kappa shape index (κ2) is 3.68. The molecule has 1 N–H and O–H groups in total. The summed E-state index contributed by atoms with van der Waals surface area (Å²) in [5, 5.41) is 10.8. The minimum absolute atomic E-state index is 0.0196. The first-order valence-electron chi connectivity index (χ1n) is 5.70. The topological polar surface area (TPSA) is 50.2 Å². The molecule has 2 unspecified atom stereocenters. The van der Waals surface area contributed by atoms with Gasteiger partial charge >= 0.3 is 5.97 Å². The Morgan fingerprint density at radius 2 is 2.22 bits per heavy atom. The summed E-state index contributed by atoms with van der Waals surface area (Å²) < 4.78 is 1.06. The number of aliphatic carboxylic acids is 1. The SMILES string of the molecule is CC1(C)C(C(=O)O)C1c1nc2cc(Cl)ccc2s1. The maximum Gasteiger partial charge on any atom is 0.307 e. The zero-order chi connectivity index (χ0) is 13.1. The summed E-state index contributed by atoms with van der Waals surface area (Å²) in [5.74, 6) is -1.04. The molecule has 2 atom stereocenters. The predicted octanol–water partition coefficient (Wildman–Crippen LogP) is 3.77. The molecule has 0 bridgehead atoms. The number of carbonyl (C=O) groups is 1. The number of hydrogen-bond acceptors (Lipinski definition) is 3. The maximum absolute atomic E-state index is 11.2. The molecule has 1 aromatic carbocycles. The molecular weight excluding hydrogens is 270 g/mol. The molecule has 5 heteroatoms. The molecule has 0 amide bonds. The Balaban J connectivity index is 2.04. The van der Waals surface area contributed by atoms with E-state index < -0.39 is 5.97 Å². The summed E-state index contributed by atoms with van der Waals surface area (Å²) >= 11 is 7.50. The summed E-state index contributed by atoms with van der Waals surface area (Å²) in [5.41, 5.74) is 0.651. The lowest BCUT2D eigenvalue weighted by molar-refractivity contribution is -0.139. The van der Waals surface area contributed by atoms with Crippen molar-refractivity contribution in [2.24, 2.45) is 11.3 Å². The second-order valence-electron chi connectivity index (χ2n) is 5.28. The van der Waals surface area contributed by atoms with Crippen LogP contribution in [0, 0.1) is 11.3 Å². The van der Waals surface area contributed by atoms with E-state index in [4.69, 9.17) is 11.6 Å². The number of halogens is 1. The average molecular weight is 282 g/mol. The van der Waals surface area contributed by atoms with E-state index in [9.17, 15) is 9.90 Å². The van der Waals surface area contributed by atoms with Gasteiger partial charge < -0.3 is 5.11 Å². The molecule has 1 aliphatic rings. The number of aromatic nitrogens is 1. The van der Waals surface area contributed by atoms with E-state index in [-0.39, 0.29) is 17.3 Å². The van der Waals surface area contributed by atoms with Gasteiger partial charge in [0, 0.05) is 10.9 Å². The minimum atomic E-state index is -0.734. The Morgan fingerprint density at radius 1 is 1.50 bits per heavy atom. The summed E-state index contributed by atoms with van der Waals surface area (Å²) in [6.07, 6.45) is 0. The summed E-state index contributed by atoms with van der Waals surface area (Å²) in [6, 6.07) is 5.59. The van der Waals surface area contributed by atoms with Crippen LogP contribution in [0.4, 0.5) is 0 Å². The average Bonchev–Trinajstić information content (AvgIpc) is 2.66. The highest BCUT2D eigenvalue weighted by atomic mass is 35.5.